The fourth-order valence-corrected chi connectivity index (χ4v) is 3.65. The van der Waals surface area contributed by atoms with Gasteiger partial charge in [0.1, 0.15) is 23.1 Å². The molecule has 25 heavy (non-hydrogen) atoms. The molecule has 0 bridgehead atoms. The fourth-order valence-electron chi connectivity index (χ4n) is 2.84. The van der Waals surface area contributed by atoms with E-state index in [-0.39, 0.29) is 5.15 Å². The monoisotopic (exact) mass is 479 g/mol. The number of halogens is 3. The lowest BCUT2D eigenvalue weighted by atomic mass is 10.2. The molecule has 3 heterocycles. The van der Waals surface area contributed by atoms with Crippen molar-refractivity contribution >= 4 is 49.3 Å². The summed E-state index contributed by atoms with van der Waals surface area (Å²) in [6, 6.07) is 7.58. The molecule has 1 saturated heterocycles. The maximum absolute atomic E-state index is 9.04. The van der Waals surface area contributed by atoms with Crippen molar-refractivity contribution in [3.8, 4) is 12.1 Å². The van der Waals surface area contributed by atoms with Gasteiger partial charge in [-0.1, -0.05) is 11.6 Å². The van der Waals surface area contributed by atoms with Crippen molar-refractivity contribution in [1.29, 1.82) is 10.5 Å². The number of anilines is 1. The summed E-state index contributed by atoms with van der Waals surface area (Å²) >= 11 is 12.0. The van der Waals surface area contributed by atoms with E-state index in [9.17, 15) is 0 Å². The van der Waals surface area contributed by atoms with Gasteiger partial charge in [0.2, 0.25) is 0 Å². The molecule has 0 N–H and O–H groups in total. The third-order valence-electron chi connectivity index (χ3n) is 4.16. The van der Waals surface area contributed by atoms with Crippen LogP contribution < -0.4 is 4.90 Å². The van der Waals surface area contributed by atoms with Crippen LogP contribution in [0.4, 0.5) is 5.82 Å². The third kappa shape index (κ3) is 4.30. The number of rotatable bonds is 1. The van der Waals surface area contributed by atoms with Crippen molar-refractivity contribution < 1.29 is 0 Å². The summed E-state index contributed by atoms with van der Waals surface area (Å²) in [6.45, 7) is 2.15. The number of aromatic nitrogens is 2. The normalized spacial score (nSPS) is 20.0. The summed E-state index contributed by atoms with van der Waals surface area (Å²) in [6.07, 6.45) is 4.68. The Bertz CT molecular complexity index is 880. The van der Waals surface area contributed by atoms with E-state index in [1.165, 1.54) is 6.42 Å². The van der Waals surface area contributed by atoms with Crippen molar-refractivity contribution in [2.75, 3.05) is 18.0 Å². The van der Waals surface area contributed by atoms with E-state index in [1.54, 1.807) is 18.5 Å². The molecule has 4 rings (SSSR count). The van der Waals surface area contributed by atoms with Gasteiger partial charge < -0.3 is 4.90 Å². The standard InChI is InChI=1S/C11H10BrN3.C6H2BrClN2/c12-10-2-7(3-13)11(14-4-10)15-5-8-1-9(8)6-15;7-5-1-4(2-9)6(8)10-3-5/h2,4,8-9H,1,5-6H2;1,3H. The zero-order valence-electron chi connectivity index (χ0n) is 13.0. The van der Waals surface area contributed by atoms with Gasteiger partial charge in [-0.05, 0) is 62.2 Å². The van der Waals surface area contributed by atoms with Gasteiger partial charge in [0.25, 0.3) is 0 Å². The number of pyridine rings is 2. The highest BCUT2D eigenvalue weighted by molar-refractivity contribution is 9.10. The summed E-state index contributed by atoms with van der Waals surface area (Å²) < 4.78 is 1.63. The highest BCUT2D eigenvalue weighted by Crippen LogP contribution is 2.46. The molecular weight excluding hydrogens is 469 g/mol. The van der Waals surface area contributed by atoms with Gasteiger partial charge in [0, 0.05) is 34.4 Å². The molecule has 1 aliphatic heterocycles. The lowest BCUT2D eigenvalue weighted by Crippen LogP contribution is -2.23. The van der Waals surface area contributed by atoms with E-state index in [4.69, 9.17) is 22.1 Å². The van der Waals surface area contributed by atoms with Crippen molar-refractivity contribution in [1.82, 2.24) is 9.97 Å². The van der Waals surface area contributed by atoms with Gasteiger partial charge in [0.15, 0.2) is 0 Å². The first-order valence-electron chi connectivity index (χ1n) is 7.53. The van der Waals surface area contributed by atoms with Gasteiger partial charge in [-0.25, -0.2) is 9.97 Å². The molecule has 126 valence electrons. The zero-order valence-corrected chi connectivity index (χ0v) is 16.9. The molecular formula is C17H12Br2ClN5. The molecule has 0 radical (unpaired) electrons. The zero-order chi connectivity index (χ0) is 18.0. The molecule has 5 nitrogen and oxygen atoms in total. The predicted molar refractivity (Wildman–Crippen MR) is 102 cm³/mol. The first-order valence-corrected chi connectivity index (χ1v) is 9.50. The van der Waals surface area contributed by atoms with Gasteiger partial charge >= 0.3 is 0 Å². The van der Waals surface area contributed by atoms with Crippen LogP contribution in [0.25, 0.3) is 0 Å². The van der Waals surface area contributed by atoms with Gasteiger partial charge in [-0.15, -0.1) is 0 Å². The molecule has 2 fully saturated rings. The molecule has 0 amide bonds. The number of hydrogen-bond acceptors (Lipinski definition) is 5. The first kappa shape index (κ1) is 18.1. The Morgan fingerprint density at radius 3 is 2.12 bits per heavy atom. The molecule has 8 heteroatoms. The maximum atomic E-state index is 9.04. The number of nitriles is 2. The lowest BCUT2D eigenvalue weighted by Gasteiger charge is -2.19. The molecule has 1 aliphatic carbocycles. The Kier molecular flexibility index (Phi) is 5.58. The Hall–Kier alpha value is -1.67. The second-order valence-electron chi connectivity index (χ2n) is 5.90. The largest absolute Gasteiger partial charge is 0.355 e. The van der Waals surface area contributed by atoms with Crippen molar-refractivity contribution in [3.05, 3.63) is 49.8 Å². The van der Waals surface area contributed by atoms with Crippen molar-refractivity contribution in [3.63, 3.8) is 0 Å². The highest BCUT2D eigenvalue weighted by Gasteiger charge is 2.45. The molecule has 0 aromatic carbocycles. The van der Waals surface area contributed by atoms with Crippen LogP contribution in [0, 0.1) is 34.5 Å². The van der Waals surface area contributed by atoms with Crippen LogP contribution in [0.5, 0.6) is 0 Å². The Balaban J connectivity index is 0.000000160. The summed E-state index contributed by atoms with van der Waals surface area (Å²) in [5.41, 5.74) is 1.06. The smallest absolute Gasteiger partial charge is 0.146 e. The predicted octanol–water partition coefficient (Wildman–Crippen LogP) is 4.54. The van der Waals surface area contributed by atoms with E-state index in [2.05, 4.69) is 52.8 Å². The van der Waals surface area contributed by atoms with Crippen molar-refractivity contribution in [2.45, 2.75) is 6.42 Å². The minimum absolute atomic E-state index is 0.241. The number of fused-ring (bicyclic) bond motifs is 1. The fraction of sp³-hybridized carbons (Fsp3) is 0.294. The van der Waals surface area contributed by atoms with E-state index >= 15 is 0 Å². The second-order valence-corrected chi connectivity index (χ2v) is 8.09. The molecule has 0 spiro atoms. The molecule has 2 aliphatic rings. The average molecular weight is 482 g/mol. The van der Waals surface area contributed by atoms with Crippen LogP contribution in [0.15, 0.2) is 33.5 Å². The van der Waals surface area contributed by atoms with Crippen LogP contribution in [0.3, 0.4) is 0 Å². The minimum atomic E-state index is 0.241. The molecule has 2 aromatic heterocycles. The number of hydrogen-bond donors (Lipinski definition) is 0. The topological polar surface area (TPSA) is 76.6 Å². The third-order valence-corrected chi connectivity index (χ3v) is 5.33. The summed E-state index contributed by atoms with van der Waals surface area (Å²) in [7, 11) is 0. The average Bonchev–Trinajstić information content (AvgIpc) is 3.23. The molecule has 2 unspecified atom stereocenters. The van der Waals surface area contributed by atoms with Crippen LogP contribution in [0.1, 0.15) is 17.5 Å². The van der Waals surface area contributed by atoms with Crippen LogP contribution in [0.2, 0.25) is 5.15 Å². The van der Waals surface area contributed by atoms with Crippen LogP contribution >= 0.6 is 43.5 Å². The van der Waals surface area contributed by atoms with Crippen LogP contribution in [-0.2, 0) is 0 Å². The lowest BCUT2D eigenvalue weighted by molar-refractivity contribution is 0.803. The highest BCUT2D eigenvalue weighted by atomic mass is 79.9. The Labute approximate surface area is 167 Å². The maximum Gasteiger partial charge on any atom is 0.146 e. The van der Waals surface area contributed by atoms with E-state index in [0.29, 0.717) is 11.1 Å². The first-order chi connectivity index (χ1) is 12.0. The number of piperidine rings is 1. The van der Waals surface area contributed by atoms with Gasteiger partial charge in [-0.3, -0.25) is 0 Å². The van der Waals surface area contributed by atoms with Gasteiger partial charge in [0.05, 0.1) is 11.1 Å². The SMILES string of the molecule is N#Cc1cc(Br)cnc1Cl.N#Cc1cc(Br)cnc1N1CC2CC2C1. The molecule has 2 aromatic rings. The Morgan fingerprint density at radius 2 is 1.56 bits per heavy atom. The quantitative estimate of drug-likeness (QED) is 0.559. The summed E-state index contributed by atoms with van der Waals surface area (Å²) in [5.74, 6) is 2.58. The van der Waals surface area contributed by atoms with Gasteiger partial charge in [-0.2, -0.15) is 10.5 Å². The Morgan fingerprint density at radius 1 is 1.00 bits per heavy atom. The van der Waals surface area contributed by atoms with E-state index in [1.807, 2.05) is 12.1 Å². The molecule has 2 atom stereocenters. The molecule has 1 saturated carbocycles. The van der Waals surface area contributed by atoms with Crippen molar-refractivity contribution in [2.24, 2.45) is 11.8 Å². The van der Waals surface area contributed by atoms with Crippen LogP contribution in [-0.4, -0.2) is 23.1 Å². The summed E-state index contributed by atoms with van der Waals surface area (Å²) in [4.78, 5) is 10.3. The second kappa shape index (κ2) is 7.70. The van der Waals surface area contributed by atoms with E-state index in [0.717, 1.165) is 39.7 Å². The van der Waals surface area contributed by atoms with E-state index < -0.39 is 0 Å². The summed E-state index contributed by atoms with van der Waals surface area (Å²) in [5, 5.41) is 17.7. The minimum Gasteiger partial charge on any atom is -0.355 e. The number of nitrogens with zero attached hydrogens (tertiary/aromatic N) is 5.